The first-order valence-corrected chi connectivity index (χ1v) is 10.8. The van der Waals surface area contributed by atoms with Crippen LogP contribution in [0.1, 0.15) is 77.6 Å². The van der Waals surface area contributed by atoms with Gasteiger partial charge in [0.15, 0.2) is 9.84 Å². The Bertz CT molecular complexity index is 289. The molecule has 3 aliphatic rings. The second-order valence-electron chi connectivity index (χ2n) is 7.58. The van der Waals surface area contributed by atoms with Crippen molar-refractivity contribution < 1.29 is 0 Å². The highest BCUT2D eigenvalue weighted by Gasteiger charge is 2.45. The Hall–Kier alpha value is 0.0969. The molecule has 3 rings (SSSR count). The average molecular weight is 310 g/mol. The van der Waals surface area contributed by atoms with Crippen LogP contribution in [0.15, 0.2) is 0 Å². The van der Waals surface area contributed by atoms with E-state index in [1.54, 1.807) is 0 Å². The average Bonchev–Trinajstić information content (AvgIpc) is 2.49. The van der Waals surface area contributed by atoms with Crippen LogP contribution in [0.3, 0.4) is 0 Å². The van der Waals surface area contributed by atoms with Crippen molar-refractivity contribution in [1.29, 1.82) is 0 Å². The van der Waals surface area contributed by atoms with Crippen molar-refractivity contribution >= 4 is 9.84 Å². The maximum atomic E-state index is 2.96. The fourth-order valence-electron chi connectivity index (χ4n) is 4.84. The molecule has 0 bridgehead atoms. The molecule has 21 heavy (non-hydrogen) atoms. The van der Waals surface area contributed by atoms with Crippen LogP contribution < -0.4 is 0 Å². The van der Waals surface area contributed by atoms with Crippen LogP contribution in [-0.2, 0) is 0 Å². The lowest BCUT2D eigenvalue weighted by atomic mass is 9.94. The second-order valence-corrected chi connectivity index (χ2v) is 9.32. The van der Waals surface area contributed by atoms with Crippen molar-refractivity contribution in [2.24, 2.45) is 0 Å². The minimum absolute atomic E-state index is 0.139. The Morgan fingerprint density at radius 2 is 1.33 bits per heavy atom. The summed E-state index contributed by atoms with van der Waals surface area (Å²) in [7, 11) is 2.23. The third-order valence-corrected chi connectivity index (χ3v) is 8.32. The number of rotatable bonds is 5. The van der Waals surface area contributed by atoms with Crippen molar-refractivity contribution in [3.8, 4) is 0 Å². The normalized spacial score (nSPS) is 31.9. The molecule has 0 aromatic rings. The van der Waals surface area contributed by atoms with E-state index in [9.17, 15) is 0 Å². The molecule has 0 spiro atoms. The number of hydrogen-bond acceptors (Lipinski definition) is 3. The summed E-state index contributed by atoms with van der Waals surface area (Å²) in [5, 5.41) is 0. The van der Waals surface area contributed by atoms with E-state index in [0.29, 0.717) is 6.29 Å². The predicted molar refractivity (Wildman–Crippen MR) is 92.7 cm³/mol. The quantitative estimate of drug-likeness (QED) is 0.723. The first-order chi connectivity index (χ1) is 10.3. The molecular formula is C17H35N3Si. The third kappa shape index (κ3) is 3.54. The minimum atomic E-state index is -0.139. The third-order valence-electron chi connectivity index (χ3n) is 5.98. The van der Waals surface area contributed by atoms with E-state index in [-0.39, 0.29) is 9.84 Å². The van der Waals surface area contributed by atoms with Gasteiger partial charge in [-0.15, -0.1) is 0 Å². The van der Waals surface area contributed by atoms with Crippen molar-refractivity contribution in [2.45, 2.75) is 95.9 Å². The Kier molecular flexibility index (Phi) is 5.76. The fraction of sp³-hybridized carbons (Fsp3) is 1.00. The van der Waals surface area contributed by atoms with Crippen LogP contribution in [0.25, 0.3) is 0 Å². The van der Waals surface area contributed by atoms with E-state index >= 15 is 0 Å². The molecule has 0 N–H and O–H groups in total. The molecule has 1 heterocycles. The van der Waals surface area contributed by atoms with Gasteiger partial charge in [0.05, 0.1) is 0 Å². The van der Waals surface area contributed by atoms with E-state index in [1.807, 2.05) is 0 Å². The second kappa shape index (κ2) is 7.58. The predicted octanol–water partition coefficient (Wildman–Crippen LogP) is 2.89. The molecule has 3 nitrogen and oxygen atoms in total. The zero-order valence-corrected chi connectivity index (χ0v) is 15.7. The van der Waals surface area contributed by atoms with Gasteiger partial charge in [0, 0.05) is 18.6 Å². The molecule has 3 fully saturated rings. The summed E-state index contributed by atoms with van der Waals surface area (Å²) in [5.41, 5.74) is 0. The van der Waals surface area contributed by atoms with Gasteiger partial charge in [-0.25, -0.2) is 0 Å². The van der Waals surface area contributed by atoms with Crippen LogP contribution in [0.5, 0.6) is 0 Å². The number of hydrogen-bond donors (Lipinski definition) is 0. The van der Waals surface area contributed by atoms with E-state index in [1.165, 1.54) is 77.2 Å². The maximum Gasteiger partial charge on any atom is 0.178 e. The Morgan fingerprint density at radius 1 is 0.857 bits per heavy atom. The van der Waals surface area contributed by atoms with Crippen LogP contribution in [0.4, 0.5) is 0 Å². The summed E-state index contributed by atoms with van der Waals surface area (Å²) >= 11 is 0. The van der Waals surface area contributed by atoms with Gasteiger partial charge in [-0.05, 0) is 39.2 Å². The molecule has 122 valence electrons. The summed E-state index contributed by atoms with van der Waals surface area (Å²) in [6.07, 6.45) is 16.7. The van der Waals surface area contributed by atoms with Crippen LogP contribution in [-0.4, -0.2) is 55.8 Å². The first kappa shape index (κ1) is 16.0. The van der Waals surface area contributed by atoms with Crippen molar-refractivity contribution in [3.63, 3.8) is 0 Å². The van der Waals surface area contributed by atoms with Crippen molar-refractivity contribution in [3.05, 3.63) is 0 Å². The van der Waals surface area contributed by atoms with Gasteiger partial charge in [0.2, 0.25) is 0 Å². The van der Waals surface area contributed by atoms with E-state index in [4.69, 9.17) is 0 Å². The molecule has 0 atom stereocenters. The van der Waals surface area contributed by atoms with Gasteiger partial charge >= 0.3 is 0 Å². The van der Waals surface area contributed by atoms with Crippen molar-refractivity contribution in [1.82, 2.24) is 14.0 Å². The van der Waals surface area contributed by atoms with Gasteiger partial charge < -0.3 is 0 Å². The van der Waals surface area contributed by atoms with Crippen LogP contribution >= 0.6 is 0 Å². The summed E-state index contributed by atoms with van der Waals surface area (Å²) in [5.74, 6) is 0. The SMILES string of the molecule is CCCN(C)C1N(C2CCCCC2)[SiH2]N1C1CCCCC1. The van der Waals surface area contributed by atoms with Gasteiger partial charge in [0.1, 0.15) is 6.29 Å². The maximum absolute atomic E-state index is 2.96. The van der Waals surface area contributed by atoms with Crippen molar-refractivity contribution in [2.75, 3.05) is 13.6 Å². The molecule has 0 aromatic carbocycles. The molecule has 1 saturated heterocycles. The lowest BCUT2D eigenvalue weighted by Gasteiger charge is -2.60. The standard InChI is InChI=1S/C17H35N3Si/c1-3-14-18(2)17-19(15-10-6-4-7-11-15)21-20(17)16-12-8-5-9-13-16/h15-17H,3-14,21H2,1-2H3. The molecular weight excluding hydrogens is 274 g/mol. The highest BCUT2D eigenvalue weighted by molar-refractivity contribution is 6.32. The zero-order valence-electron chi connectivity index (χ0n) is 14.3. The monoisotopic (exact) mass is 309 g/mol. The largest absolute Gasteiger partial charge is 0.286 e. The minimum Gasteiger partial charge on any atom is -0.286 e. The highest BCUT2D eigenvalue weighted by atomic mass is 28.2. The molecule has 4 heteroatoms. The summed E-state index contributed by atoms with van der Waals surface area (Å²) in [6.45, 7) is 3.58. The molecule has 1 aliphatic heterocycles. The number of nitrogens with zero attached hydrogens (tertiary/aromatic N) is 3. The van der Waals surface area contributed by atoms with Gasteiger partial charge in [-0.3, -0.25) is 14.0 Å². The van der Waals surface area contributed by atoms with Gasteiger partial charge in [-0.2, -0.15) is 0 Å². The summed E-state index contributed by atoms with van der Waals surface area (Å²) < 4.78 is 5.92. The topological polar surface area (TPSA) is 9.72 Å². The molecule has 0 radical (unpaired) electrons. The molecule has 0 aromatic heterocycles. The molecule has 0 amide bonds. The molecule has 2 aliphatic carbocycles. The smallest absolute Gasteiger partial charge is 0.178 e. The van der Waals surface area contributed by atoms with Crippen LogP contribution in [0.2, 0.25) is 0 Å². The molecule has 0 unspecified atom stereocenters. The summed E-state index contributed by atoms with van der Waals surface area (Å²) in [6, 6.07) is 1.85. The zero-order chi connectivity index (χ0) is 14.7. The van der Waals surface area contributed by atoms with E-state index in [0.717, 1.165) is 12.1 Å². The molecule has 2 saturated carbocycles. The fourth-order valence-corrected chi connectivity index (χ4v) is 7.37. The summed E-state index contributed by atoms with van der Waals surface area (Å²) in [4.78, 5) is 2.65. The Balaban J connectivity index is 1.64. The van der Waals surface area contributed by atoms with Crippen LogP contribution in [0, 0.1) is 0 Å². The highest BCUT2D eigenvalue weighted by Crippen LogP contribution is 2.35. The lowest BCUT2D eigenvalue weighted by molar-refractivity contribution is -0.0799. The lowest BCUT2D eigenvalue weighted by Crippen LogP contribution is -2.76. The van der Waals surface area contributed by atoms with E-state index < -0.39 is 0 Å². The first-order valence-electron chi connectivity index (χ1n) is 9.53. The van der Waals surface area contributed by atoms with E-state index in [2.05, 4.69) is 28.0 Å². The Morgan fingerprint density at radius 3 is 1.76 bits per heavy atom. The van der Waals surface area contributed by atoms with Gasteiger partial charge in [0.25, 0.3) is 0 Å². The Labute approximate surface area is 134 Å². The van der Waals surface area contributed by atoms with Gasteiger partial charge in [-0.1, -0.05) is 45.4 Å².